The number of halogens is 1. The Morgan fingerprint density at radius 3 is 3.00 bits per heavy atom. The van der Waals surface area contributed by atoms with Gasteiger partial charge in [-0.05, 0) is 13.3 Å². The number of thioether (sulfide) groups is 2. The summed E-state index contributed by atoms with van der Waals surface area (Å²) in [5, 5.41) is 4.18. The highest BCUT2D eigenvalue weighted by molar-refractivity contribution is 14.0. The van der Waals surface area contributed by atoms with E-state index in [9.17, 15) is 0 Å². The molecule has 3 nitrogen and oxygen atoms in total. The van der Waals surface area contributed by atoms with Crippen LogP contribution in [0.15, 0.2) is 17.6 Å². The monoisotopic (exact) mass is 429 g/mol. The number of nitrogens with one attached hydrogen (secondary N) is 1. The van der Waals surface area contributed by atoms with E-state index in [0.29, 0.717) is 0 Å². The third kappa shape index (κ3) is 8.02. The Morgan fingerprint density at radius 2 is 2.35 bits per heavy atom. The smallest absolute Gasteiger partial charge is 0.194 e. The molecule has 0 radical (unpaired) electrons. The van der Waals surface area contributed by atoms with Crippen molar-refractivity contribution in [1.82, 2.24) is 10.2 Å². The lowest BCUT2D eigenvalue weighted by molar-refractivity contribution is 0.408. The summed E-state index contributed by atoms with van der Waals surface area (Å²) in [7, 11) is 0. The second-order valence-electron chi connectivity index (χ2n) is 4.45. The van der Waals surface area contributed by atoms with Gasteiger partial charge in [0.25, 0.3) is 0 Å². The maximum Gasteiger partial charge on any atom is 0.194 e. The van der Waals surface area contributed by atoms with Crippen molar-refractivity contribution in [3.63, 3.8) is 0 Å². The van der Waals surface area contributed by atoms with Crippen molar-refractivity contribution in [1.29, 1.82) is 0 Å². The van der Waals surface area contributed by atoms with Crippen LogP contribution in [-0.2, 0) is 0 Å². The Hall–Kier alpha value is 0.440. The van der Waals surface area contributed by atoms with Gasteiger partial charge in [0.15, 0.2) is 5.96 Å². The first kappa shape index (κ1) is 20.4. The molecule has 1 fully saturated rings. The van der Waals surface area contributed by atoms with Gasteiger partial charge in [0.2, 0.25) is 0 Å². The van der Waals surface area contributed by atoms with Crippen molar-refractivity contribution < 1.29 is 0 Å². The van der Waals surface area contributed by atoms with Crippen LogP contribution in [-0.4, -0.2) is 59.5 Å². The lowest BCUT2D eigenvalue weighted by Gasteiger charge is -2.34. The quantitative estimate of drug-likeness (QED) is 0.221. The first-order valence-corrected chi connectivity index (χ1v) is 9.35. The molecule has 0 spiro atoms. The number of rotatable bonds is 7. The predicted molar refractivity (Wildman–Crippen MR) is 107 cm³/mol. The summed E-state index contributed by atoms with van der Waals surface area (Å²) in [4.78, 5) is 7.17. The summed E-state index contributed by atoms with van der Waals surface area (Å²) in [6, 6.07) is 0. The normalized spacial score (nSPS) is 19.4. The molecular formula is C14H28IN3S2. The molecule has 1 atom stereocenters. The summed E-state index contributed by atoms with van der Waals surface area (Å²) < 4.78 is 0. The highest BCUT2D eigenvalue weighted by Gasteiger charge is 2.21. The van der Waals surface area contributed by atoms with Gasteiger partial charge in [-0.15, -0.1) is 30.6 Å². The number of nitrogens with zero attached hydrogens (tertiary/aromatic N) is 2. The van der Waals surface area contributed by atoms with Crippen molar-refractivity contribution in [3.8, 4) is 0 Å². The number of hydrogen-bond donors (Lipinski definition) is 1. The van der Waals surface area contributed by atoms with E-state index in [0.717, 1.165) is 48.9 Å². The molecule has 20 heavy (non-hydrogen) atoms. The number of guanidine groups is 1. The Morgan fingerprint density at radius 1 is 1.55 bits per heavy atom. The Kier molecular flexibility index (Phi) is 13.4. The average molecular weight is 429 g/mol. The third-order valence-electron chi connectivity index (χ3n) is 2.96. The van der Waals surface area contributed by atoms with E-state index in [1.165, 1.54) is 12.2 Å². The Labute approximate surface area is 149 Å². The minimum absolute atomic E-state index is 0. The average Bonchev–Trinajstić information content (AvgIpc) is 2.46. The van der Waals surface area contributed by atoms with Gasteiger partial charge in [-0.1, -0.05) is 13.0 Å². The zero-order valence-electron chi connectivity index (χ0n) is 12.6. The van der Waals surface area contributed by atoms with Crippen LogP contribution in [0.3, 0.4) is 0 Å². The maximum atomic E-state index is 4.74. The minimum atomic E-state index is 0. The highest BCUT2D eigenvalue weighted by atomic mass is 127. The van der Waals surface area contributed by atoms with Crippen LogP contribution in [0, 0.1) is 0 Å². The van der Waals surface area contributed by atoms with E-state index >= 15 is 0 Å². The number of aliphatic imine (C=N–C) groups is 1. The lowest BCUT2D eigenvalue weighted by Crippen LogP contribution is -2.48. The maximum absolute atomic E-state index is 4.74. The summed E-state index contributed by atoms with van der Waals surface area (Å²) in [5.74, 6) is 4.40. The summed E-state index contributed by atoms with van der Waals surface area (Å²) >= 11 is 3.99. The molecule has 0 aromatic carbocycles. The van der Waals surface area contributed by atoms with E-state index in [4.69, 9.17) is 4.99 Å². The molecule has 0 aliphatic carbocycles. The Balaban J connectivity index is 0.00000361. The zero-order chi connectivity index (χ0) is 13.9. The summed E-state index contributed by atoms with van der Waals surface area (Å²) in [6.45, 7) is 12.2. The van der Waals surface area contributed by atoms with Gasteiger partial charge < -0.3 is 10.2 Å². The minimum Gasteiger partial charge on any atom is -0.357 e. The van der Waals surface area contributed by atoms with Crippen molar-refractivity contribution in [2.75, 3.05) is 43.4 Å². The molecular weight excluding hydrogens is 401 g/mol. The summed E-state index contributed by atoms with van der Waals surface area (Å²) in [5.41, 5.74) is 0. The van der Waals surface area contributed by atoms with Crippen LogP contribution in [0.1, 0.15) is 20.3 Å². The van der Waals surface area contributed by atoms with Crippen molar-refractivity contribution in [3.05, 3.63) is 12.7 Å². The summed E-state index contributed by atoms with van der Waals surface area (Å²) in [6.07, 6.45) is 3.20. The van der Waals surface area contributed by atoms with Crippen LogP contribution in [0.25, 0.3) is 0 Å². The predicted octanol–water partition coefficient (Wildman–Crippen LogP) is 3.32. The van der Waals surface area contributed by atoms with Crippen molar-refractivity contribution >= 4 is 53.5 Å². The fourth-order valence-corrected chi connectivity index (χ4v) is 3.70. The van der Waals surface area contributed by atoms with Crippen LogP contribution in [0.4, 0.5) is 0 Å². The van der Waals surface area contributed by atoms with E-state index in [2.05, 4.69) is 42.4 Å². The molecule has 0 aromatic heterocycles. The van der Waals surface area contributed by atoms with E-state index in [1.807, 2.05) is 17.8 Å². The molecule has 6 heteroatoms. The van der Waals surface area contributed by atoms with Gasteiger partial charge >= 0.3 is 0 Å². The molecule has 1 aliphatic rings. The van der Waals surface area contributed by atoms with Gasteiger partial charge in [0, 0.05) is 42.1 Å². The molecule has 1 saturated heterocycles. The standard InChI is InChI=1S/C14H27N3S2.HI/c1-4-9-18-10-7-16-14(15-6-3)17-8-11-19-13(5-2)12-17;/h4,13H,1,5-12H2,2-3H3,(H,15,16);1H. The van der Waals surface area contributed by atoms with Crippen LogP contribution < -0.4 is 5.32 Å². The molecule has 1 heterocycles. The van der Waals surface area contributed by atoms with Gasteiger partial charge in [0.1, 0.15) is 0 Å². The highest BCUT2D eigenvalue weighted by Crippen LogP contribution is 2.21. The van der Waals surface area contributed by atoms with Gasteiger partial charge in [-0.2, -0.15) is 23.5 Å². The van der Waals surface area contributed by atoms with Crippen LogP contribution in [0.5, 0.6) is 0 Å². The molecule has 1 unspecified atom stereocenters. The molecule has 1 N–H and O–H groups in total. The van der Waals surface area contributed by atoms with Gasteiger partial charge in [0.05, 0.1) is 6.54 Å². The first-order valence-electron chi connectivity index (χ1n) is 7.15. The first-order chi connectivity index (χ1) is 9.31. The van der Waals surface area contributed by atoms with E-state index < -0.39 is 0 Å². The fourth-order valence-electron chi connectivity index (χ4n) is 1.97. The van der Waals surface area contributed by atoms with Crippen LogP contribution in [0.2, 0.25) is 0 Å². The van der Waals surface area contributed by atoms with Gasteiger partial charge in [-0.25, -0.2) is 0 Å². The second kappa shape index (κ2) is 13.1. The number of hydrogen-bond acceptors (Lipinski definition) is 3. The van der Waals surface area contributed by atoms with Crippen molar-refractivity contribution in [2.45, 2.75) is 25.5 Å². The SMILES string of the molecule is C=CCSCCN=C(NCC)N1CCSC(CC)C1.I. The molecule has 1 aliphatic heterocycles. The molecule has 0 amide bonds. The largest absolute Gasteiger partial charge is 0.357 e. The fraction of sp³-hybridized carbons (Fsp3) is 0.786. The Bertz CT molecular complexity index is 288. The molecule has 0 aromatic rings. The molecule has 0 bridgehead atoms. The topological polar surface area (TPSA) is 27.6 Å². The lowest BCUT2D eigenvalue weighted by atomic mass is 10.3. The van der Waals surface area contributed by atoms with Gasteiger partial charge in [-0.3, -0.25) is 4.99 Å². The molecule has 0 saturated carbocycles. The molecule has 1 rings (SSSR count). The second-order valence-corrected chi connectivity index (χ2v) is 7.00. The zero-order valence-corrected chi connectivity index (χ0v) is 16.6. The van der Waals surface area contributed by atoms with E-state index in [1.54, 1.807) is 0 Å². The third-order valence-corrected chi connectivity index (χ3v) is 5.28. The van der Waals surface area contributed by atoms with Crippen LogP contribution >= 0.6 is 47.5 Å². The molecule has 118 valence electrons. The van der Waals surface area contributed by atoms with E-state index in [-0.39, 0.29) is 24.0 Å². The van der Waals surface area contributed by atoms with Crippen molar-refractivity contribution in [2.24, 2.45) is 4.99 Å².